The Kier molecular flexibility index (Phi) is 4.64. The molecule has 15 heavy (non-hydrogen) atoms. The SMILES string of the molecule is CC1CCCCC1NCC(C)(C)C(C)C. The summed E-state index contributed by atoms with van der Waals surface area (Å²) >= 11 is 0. The second-order valence-electron chi connectivity index (χ2n) is 6.39. The fourth-order valence-corrected chi connectivity index (χ4v) is 2.22. The molecule has 1 rings (SSSR count). The van der Waals surface area contributed by atoms with E-state index in [2.05, 4.69) is 39.9 Å². The second kappa shape index (κ2) is 5.34. The molecular formula is C14H29N. The zero-order chi connectivity index (χ0) is 11.5. The normalized spacial score (nSPS) is 28.4. The molecule has 1 nitrogen and oxygen atoms in total. The van der Waals surface area contributed by atoms with Crippen LogP contribution in [0.1, 0.15) is 60.3 Å². The maximum atomic E-state index is 3.79. The van der Waals surface area contributed by atoms with Crippen LogP contribution < -0.4 is 5.32 Å². The highest BCUT2D eigenvalue weighted by Crippen LogP contribution is 2.28. The molecule has 1 saturated carbocycles. The van der Waals surface area contributed by atoms with Gasteiger partial charge in [0.15, 0.2) is 0 Å². The van der Waals surface area contributed by atoms with Gasteiger partial charge in [-0.15, -0.1) is 0 Å². The predicted octanol–water partition coefficient (Wildman–Crippen LogP) is 3.84. The highest BCUT2D eigenvalue weighted by molar-refractivity contribution is 4.82. The molecule has 2 unspecified atom stereocenters. The molecule has 2 atom stereocenters. The monoisotopic (exact) mass is 211 g/mol. The summed E-state index contributed by atoms with van der Waals surface area (Å²) in [5, 5.41) is 3.79. The molecule has 0 bridgehead atoms. The predicted molar refractivity (Wildman–Crippen MR) is 68.0 cm³/mol. The molecule has 1 fully saturated rings. The van der Waals surface area contributed by atoms with E-state index in [4.69, 9.17) is 0 Å². The van der Waals surface area contributed by atoms with E-state index in [0.717, 1.165) is 17.9 Å². The lowest BCUT2D eigenvalue weighted by molar-refractivity contribution is 0.197. The molecule has 0 aromatic carbocycles. The number of hydrogen-bond donors (Lipinski definition) is 1. The van der Waals surface area contributed by atoms with Crippen LogP contribution in [0, 0.1) is 17.3 Å². The van der Waals surface area contributed by atoms with Gasteiger partial charge in [-0.1, -0.05) is 47.5 Å². The molecule has 0 aromatic heterocycles. The van der Waals surface area contributed by atoms with Crippen LogP contribution in [0.4, 0.5) is 0 Å². The van der Waals surface area contributed by atoms with E-state index in [9.17, 15) is 0 Å². The quantitative estimate of drug-likeness (QED) is 0.745. The minimum Gasteiger partial charge on any atom is -0.313 e. The van der Waals surface area contributed by atoms with E-state index in [1.54, 1.807) is 0 Å². The topological polar surface area (TPSA) is 12.0 Å². The Morgan fingerprint density at radius 1 is 1.20 bits per heavy atom. The first-order valence-corrected chi connectivity index (χ1v) is 6.67. The molecule has 0 aromatic rings. The number of hydrogen-bond acceptors (Lipinski definition) is 1. The summed E-state index contributed by atoms with van der Waals surface area (Å²) < 4.78 is 0. The van der Waals surface area contributed by atoms with Gasteiger partial charge in [0, 0.05) is 12.6 Å². The van der Waals surface area contributed by atoms with Crippen molar-refractivity contribution in [2.45, 2.75) is 66.3 Å². The zero-order valence-electron chi connectivity index (χ0n) is 11.3. The van der Waals surface area contributed by atoms with Crippen LogP contribution in [0.2, 0.25) is 0 Å². The molecule has 1 N–H and O–H groups in total. The van der Waals surface area contributed by atoms with Gasteiger partial charge in [0.2, 0.25) is 0 Å². The maximum absolute atomic E-state index is 3.79. The van der Waals surface area contributed by atoms with Gasteiger partial charge in [-0.3, -0.25) is 0 Å². The summed E-state index contributed by atoms with van der Waals surface area (Å²) in [5.74, 6) is 1.63. The molecule has 1 aliphatic rings. The van der Waals surface area contributed by atoms with Crippen LogP contribution >= 0.6 is 0 Å². The molecule has 0 radical (unpaired) electrons. The van der Waals surface area contributed by atoms with Gasteiger partial charge in [-0.05, 0) is 30.1 Å². The third kappa shape index (κ3) is 3.79. The van der Waals surface area contributed by atoms with Gasteiger partial charge in [-0.25, -0.2) is 0 Å². The van der Waals surface area contributed by atoms with Crippen molar-refractivity contribution in [1.29, 1.82) is 0 Å². The molecule has 0 aliphatic heterocycles. The first-order chi connectivity index (χ1) is 6.93. The Bertz CT molecular complexity index is 184. The summed E-state index contributed by atoms with van der Waals surface area (Å²) in [6, 6.07) is 0.775. The van der Waals surface area contributed by atoms with Crippen molar-refractivity contribution in [2.24, 2.45) is 17.3 Å². The lowest BCUT2D eigenvalue weighted by Gasteiger charge is -2.35. The maximum Gasteiger partial charge on any atom is 0.00929 e. The van der Waals surface area contributed by atoms with Crippen LogP contribution in [-0.4, -0.2) is 12.6 Å². The van der Waals surface area contributed by atoms with E-state index in [0.29, 0.717) is 5.41 Å². The molecule has 0 saturated heterocycles. The van der Waals surface area contributed by atoms with Crippen molar-refractivity contribution in [1.82, 2.24) is 5.32 Å². The first-order valence-electron chi connectivity index (χ1n) is 6.67. The zero-order valence-corrected chi connectivity index (χ0v) is 11.3. The minimum absolute atomic E-state index is 0.428. The molecule has 1 heteroatoms. The third-order valence-electron chi connectivity index (χ3n) is 4.49. The second-order valence-corrected chi connectivity index (χ2v) is 6.39. The summed E-state index contributed by atoms with van der Waals surface area (Å²) in [4.78, 5) is 0. The Morgan fingerprint density at radius 2 is 1.80 bits per heavy atom. The molecule has 0 heterocycles. The Morgan fingerprint density at radius 3 is 2.33 bits per heavy atom. The smallest absolute Gasteiger partial charge is 0.00929 e. The highest BCUT2D eigenvalue weighted by atomic mass is 14.9. The van der Waals surface area contributed by atoms with Gasteiger partial charge in [0.1, 0.15) is 0 Å². The Hall–Kier alpha value is -0.0400. The fraction of sp³-hybridized carbons (Fsp3) is 1.00. The van der Waals surface area contributed by atoms with E-state index in [1.807, 2.05) is 0 Å². The van der Waals surface area contributed by atoms with Crippen LogP contribution in [0.3, 0.4) is 0 Å². The van der Waals surface area contributed by atoms with Crippen LogP contribution in [-0.2, 0) is 0 Å². The van der Waals surface area contributed by atoms with Gasteiger partial charge in [0.05, 0.1) is 0 Å². The lowest BCUT2D eigenvalue weighted by atomic mass is 9.79. The molecule has 1 aliphatic carbocycles. The molecular weight excluding hydrogens is 182 g/mol. The molecule has 90 valence electrons. The average Bonchev–Trinajstić information content (AvgIpc) is 2.16. The summed E-state index contributed by atoms with van der Waals surface area (Å²) in [6.45, 7) is 13.0. The summed E-state index contributed by atoms with van der Waals surface area (Å²) in [6.07, 6.45) is 5.66. The largest absolute Gasteiger partial charge is 0.313 e. The average molecular weight is 211 g/mol. The van der Waals surface area contributed by atoms with Gasteiger partial charge >= 0.3 is 0 Å². The van der Waals surface area contributed by atoms with Crippen molar-refractivity contribution in [3.63, 3.8) is 0 Å². The van der Waals surface area contributed by atoms with E-state index in [-0.39, 0.29) is 0 Å². The van der Waals surface area contributed by atoms with Crippen LogP contribution in [0.25, 0.3) is 0 Å². The van der Waals surface area contributed by atoms with Crippen molar-refractivity contribution in [3.05, 3.63) is 0 Å². The standard InChI is InChI=1S/C14H29N/c1-11(2)14(4,5)10-15-13-9-7-6-8-12(13)3/h11-13,15H,6-10H2,1-5H3. The Balaban J connectivity index is 2.35. The number of nitrogens with one attached hydrogen (secondary N) is 1. The minimum atomic E-state index is 0.428. The van der Waals surface area contributed by atoms with Crippen molar-refractivity contribution >= 4 is 0 Å². The van der Waals surface area contributed by atoms with Gasteiger partial charge in [-0.2, -0.15) is 0 Å². The molecule has 0 amide bonds. The number of rotatable bonds is 4. The van der Waals surface area contributed by atoms with E-state index in [1.165, 1.54) is 32.2 Å². The first kappa shape index (κ1) is 13.0. The fourth-order valence-electron chi connectivity index (χ4n) is 2.22. The van der Waals surface area contributed by atoms with Crippen LogP contribution in [0.15, 0.2) is 0 Å². The van der Waals surface area contributed by atoms with Crippen molar-refractivity contribution in [2.75, 3.05) is 6.54 Å². The highest BCUT2D eigenvalue weighted by Gasteiger charge is 2.26. The molecule has 0 spiro atoms. The van der Waals surface area contributed by atoms with Crippen molar-refractivity contribution in [3.8, 4) is 0 Å². The third-order valence-corrected chi connectivity index (χ3v) is 4.49. The van der Waals surface area contributed by atoms with E-state index >= 15 is 0 Å². The van der Waals surface area contributed by atoms with Gasteiger partial charge in [0.25, 0.3) is 0 Å². The van der Waals surface area contributed by atoms with Crippen LogP contribution in [0.5, 0.6) is 0 Å². The summed E-state index contributed by atoms with van der Waals surface area (Å²) in [5.41, 5.74) is 0.428. The summed E-state index contributed by atoms with van der Waals surface area (Å²) in [7, 11) is 0. The van der Waals surface area contributed by atoms with E-state index < -0.39 is 0 Å². The Labute approximate surface area is 96.0 Å². The van der Waals surface area contributed by atoms with Gasteiger partial charge < -0.3 is 5.32 Å². The van der Waals surface area contributed by atoms with Crippen molar-refractivity contribution < 1.29 is 0 Å². The lowest BCUT2D eigenvalue weighted by Crippen LogP contribution is -2.43.